The first-order valence-electron chi connectivity index (χ1n) is 14.6. The second kappa shape index (κ2) is 14.5. The molecule has 2 aliphatic heterocycles. The topological polar surface area (TPSA) is 123 Å². The number of aromatic nitrogens is 2. The van der Waals surface area contributed by atoms with E-state index in [0.717, 1.165) is 28.6 Å². The third kappa shape index (κ3) is 8.05. The van der Waals surface area contributed by atoms with Gasteiger partial charge in [0, 0.05) is 62.1 Å². The first-order valence-corrected chi connectivity index (χ1v) is 14.9. The lowest BCUT2D eigenvalue weighted by Gasteiger charge is -2.46. The summed E-state index contributed by atoms with van der Waals surface area (Å²) in [7, 11) is 0. The Morgan fingerprint density at radius 3 is 2.53 bits per heavy atom. The minimum Gasteiger partial charge on any atom is -0.465 e. The lowest BCUT2D eigenvalue weighted by Crippen LogP contribution is -2.59. The molecule has 3 aromatic rings. The molecule has 3 N–H and O–H groups in total. The smallest absolute Gasteiger partial charge is 0.407 e. The van der Waals surface area contributed by atoms with Gasteiger partial charge in [0.1, 0.15) is 17.2 Å². The van der Waals surface area contributed by atoms with Crippen LogP contribution in [0.1, 0.15) is 44.0 Å². The Kier molecular flexibility index (Phi) is 10.9. The fourth-order valence-electron chi connectivity index (χ4n) is 5.45. The first-order chi connectivity index (χ1) is 21.0. The first kappa shape index (κ1) is 34.0. The van der Waals surface area contributed by atoms with Gasteiger partial charge < -0.3 is 30.3 Å². The maximum Gasteiger partial charge on any atom is 0.407 e. The number of ether oxygens (including phenoxy) is 1. The van der Waals surface area contributed by atoms with Crippen LogP contribution in [0.25, 0.3) is 0 Å². The van der Waals surface area contributed by atoms with Crippen molar-refractivity contribution < 1.29 is 23.8 Å². The monoisotopic (exact) mass is 661 g/mol. The van der Waals surface area contributed by atoms with E-state index in [1.165, 1.54) is 29.3 Å². The summed E-state index contributed by atoms with van der Waals surface area (Å²) in [4.78, 5) is 37.8. The summed E-state index contributed by atoms with van der Waals surface area (Å²) >= 11 is 6.29. The Bertz CT molecular complexity index is 1490. The van der Waals surface area contributed by atoms with Crippen molar-refractivity contribution in [2.75, 3.05) is 52.7 Å². The summed E-state index contributed by atoms with van der Waals surface area (Å²) in [6.45, 7) is 8.87. The number of hydrogen-bond acceptors (Lipinski definition) is 8. The average Bonchev–Trinajstić information content (AvgIpc) is 3.53. The predicted octanol–water partition coefficient (Wildman–Crippen LogP) is 6.39. The molecule has 14 heteroatoms. The van der Waals surface area contributed by atoms with Crippen molar-refractivity contribution in [1.29, 1.82) is 0 Å². The fourth-order valence-corrected chi connectivity index (χ4v) is 5.68. The largest absolute Gasteiger partial charge is 0.465 e. The van der Waals surface area contributed by atoms with Gasteiger partial charge in [-0.25, -0.2) is 18.6 Å². The highest BCUT2D eigenvalue weighted by Crippen LogP contribution is 2.31. The van der Waals surface area contributed by atoms with E-state index in [9.17, 15) is 19.1 Å². The molecule has 2 fully saturated rings. The lowest BCUT2D eigenvalue weighted by atomic mass is 9.84. The van der Waals surface area contributed by atoms with Crippen LogP contribution in [0.5, 0.6) is 0 Å². The van der Waals surface area contributed by atoms with Gasteiger partial charge in [-0.05, 0) is 54.7 Å². The maximum atomic E-state index is 14.4. The van der Waals surface area contributed by atoms with Crippen molar-refractivity contribution in [1.82, 2.24) is 14.9 Å². The summed E-state index contributed by atoms with van der Waals surface area (Å²) in [5, 5.41) is 16.1. The summed E-state index contributed by atoms with van der Waals surface area (Å²) in [6, 6.07) is 13.3. The molecule has 0 radical (unpaired) electrons. The molecule has 0 aliphatic carbocycles. The van der Waals surface area contributed by atoms with Crippen molar-refractivity contribution in [2.45, 2.75) is 45.8 Å². The van der Waals surface area contributed by atoms with Crippen LogP contribution in [0.4, 0.5) is 38.0 Å². The molecule has 3 heterocycles. The van der Waals surface area contributed by atoms with Gasteiger partial charge in [0.25, 0.3) is 5.91 Å². The van der Waals surface area contributed by atoms with E-state index in [1.54, 1.807) is 6.07 Å². The average molecular weight is 663 g/mol. The summed E-state index contributed by atoms with van der Waals surface area (Å²) < 4.78 is 20.8. The number of rotatable bonds is 8. The predicted molar refractivity (Wildman–Crippen MR) is 176 cm³/mol. The van der Waals surface area contributed by atoms with E-state index < -0.39 is 17.8 Å². The standard InChI is InChI=1S/C31H37ClFN7O4.ClH/c1-31(2,3)26-19-38(14-15-39(26)30(42)43)21-12-10-20(11-13-21)36-29-35-18-23(27(37-29)34-17-22-7-6-16-44-22)28(41)40(32)25-9-5-4-8-24(25)33;/h4-5,8-13,18,22,26H,6-7,14-17,19H2,1-3H3,(H,42,43)(H2,34,35,36,37);1H. The molecular formula is C31H38Cl2FN7O4. The van der Waals surface area contributed by atoms with Crippen molar-refractivity contribution in [3.05, 3.63) is 66.1 Å². The van der Waals surface area contributed by atoms with Crippen LogP contribution in [0.3, 0.4) is 0 Å². The van der Waals surface area contributed by atoms with E-state index in [4.69, 9.17) is 16.5 Å². The van der Waals surface area contributed by atoms with Crippen LogP contribution in [0.15, 0.2) is 54.7 Å². The number of piperazine rings is 1. The van der Waals surface area contributed by atoms with Crippen LogP contribution in [0.2, 0.25) is 0 Å². The number of nitrogens with zero attached hydrogens (tertiary/aromatic N) is 5. The zero-order chi connectivity index (χ0) is 31.4. The number of hydrogen-bond donors (Lipinski definition) is 3. The zero-order valence-corrected chi connectivity index (χ0v) is 26.9. The molecule has 2 amide bonds. The van der Waals surface area contributed by atoms with Gasteiger partial charge in [0.05, 0.1) is 17.8 Å². The molecular weight excluding hydrogens is 624 g/mol. The number of carboxylic acid groups (broad SMARTS) is 1. The maximum absolute atomic E-state index is 14.4. The number of benzene rings is 2. The minimum absolute atomic E-state index is 0. The van der Waals surface area contributed by atoms with Crippen LogP contribution < -0.4 is 20.0 Å². The van der Waals surface area contributed by atoms with Crippen molar-refractivity contribution in [3.8, 4) is 0 Å². The number of amides is 2. The molecule has 0 bridgehead atoms. The van der Waals surface area contributed by atoms with Crippen LogP contribution in [-0.2, 0) is 4.74 Å². The Morgan fingerprint density at radius 1 is 1.16 bits per heavy atom. The summed E-state index contributed by atoms with van der Waals surface area (Å²) in [5.41, 5.74) is 1.49. The zero-order valence-electron chi connectivity index (χ0n) is 25.4. The van der Waals surface area contributed by atoms with Crippen LogP contribution in [-0.4, -0.2) is 76.9 Å². The van der Waals surface area contributed by atoms with Gasteiger partial charge in [-0.15, -0.1) is 12.4 Å². The van der Waals surface area contributed by atoms with Crippen LogP contribution in [0, 0.1) is 11.2 Å². The Labute approximate surface area is 273 Å². The van der Waals surface area contributed by atoms with Gasteiger partial charge in [0.15, 0.2) is 0 Å². The van der Waals surface area contributed by atoms with E-state index in [2.05, 4.69) is 46.3 Å². The second-order valence-electron chi connectivity index (χ2n) is 12.0. The molecule has 11 nitrogen and oxygen atoms in total. The van der Waals surface area contributed by atoms with E-state index in [0.29, 0.717) is 32.8 Å². The molecule has 0 spiro atoms. The normalized spacial score (nSPS) is 18.2. The number of halogens is 3. The Morgan fingerprint density at radius 2 is 1.89 bits per heavy atom. The molecule has 2 aromatic carbocycles. The molecule has 45 heavy (non-hydrogen) atoms. The van der Waals surface area contributed by atoms with Crippen molar-refractivity contribution >= 4 is 65.0 Å². The van der Waals surface area contributed by atoms with Gasteiger partial charge >= 0.3 is 6.09 Å². The van der Waals surface area contributed by atoms with Gasteiger partial charge in [-0.3, -0.25) is 4.79 Å². The highest BCUT2D eigenvalue weighted by atomic mass is 35.5. The highest BCUT2D eigenvalue weighted by Gasteiger charge is 2.38. The number of anilines is 5. The molecule has 5 rings (SSSR count). The Balaban J connectivity index is 0.00000461. The fraction of sp³-hybridized carbons (Fsp3) is 0.419. The third-order valence-corrected chi connectivity index (χ3v) is 8.23. The molecule has 1 aromatic heterocycles. The highest BCUT2D eigenvalue weighted by molar-refractivity contribution is 6.39. The summed E-state index contributed by atoms with van der Waals surface area (Å²) in [5.74, 6) is -0.825. The van der Waals surface area contributed by atoms with E-state index in [-0.39, 0.29) is 53.0 Å². The van der Waals surface area contributed by atoms with Crippen LogP contribution >= 0.6 is 24.2 Å². The minimum atomic E-state index is -0.896. The molecule has 2 aliphatic rings. The number of para-hydroxylation sites is 1. The van der Waals surface area contributed by atoms with Gasteiger partial charge in [-0.2, -0.15) is 4.98 Å². The second-order valence-corrected chi connectivity index (χ2v) is 12.3. The lowest BCUT2D eigenvalue weighted by molar-refractivity contribution is 0.0748. The quantitative estimate of drug-likeness (QED) is 0.236. The molecule has 2 unspecified atom stereocenters. The number of carbonyl (C=O) groups is 2. The molecule has 242 valence electrons. The van der Waals surface area contributed by atoms with Crippen molar-refractivity contribution in [2.24, 2.45) is 5.41 Å². The van der Waals surface area contributed by atoms with E-state index in [1.807, 2.05) is 24.3 Å². The Hall–Kier alpha value is -3.87. The molecule has 2 saturated heterocycles. The summed E-state index contributed by atoms with van der Waals surface area (Å²) in [6.07, 6.45) is 2.28. The third-order valence-electron chi connectivity index (χ3n) is 7.90. The molecule has 0 saturated carbocycles. The van der Waals surface area contributed by atoms with E-state index >= 15 is 0 Å². The number of nitrogens with one attached hydrogen (secondary N) is 2. The molecule has 2 atom stereocenters. The van der Waals surface area contributed by atoms with Gasteiger partial charge in [0.2, 0.25) is 5.95 Å². The van der Waals surface area contributed by atoms with Gasteiger partial charge in [-0.1, -0.05) is 32.9 Å². The SMILES string of the molecule is CC(C)(C)C1CN(c2ccc(Nc3ncc(C(=O)N(Cl)c4ccccc4F)c(NCC4CCCO4)n3)cc2)CCN1C(=O)O.Cl. The van der Waals surface area contributed by atoms with Crippen molar-refractivity contribution in [3.63, 3.8) is 0 Å². The number of carbonyl (C=O) groups excluding carboxylic acids is 1.